The van der Waals surface area contributed by atoms with E-state index in [2.05, 4.69) is 41.5 Å². The molecule has 0 heteroatoms. The second-order valence-electron chi connectivity index (χ2n) is 5.12. The first-order chi connectivity index (χ1) is 5.45. The molecule has 0 aromatic heterocycles. The average Bonchev–Trinajstić information content (AvgIpc) is 1.84. The molecule has 0 aliphatic heterocycles. The van der Waals surface area contributed by atoms with Crippen LogP contribution >= 0.6 is 0 Å². The summed E-state index contributed by atoms with van der Waals surface area (Å²) in [5, 5.41) is 0. The van der Waals surface area contributed by atoms with Crippen molar-refractivity contribution in [3.05, 3.63) is 0 Å². The zero-order chi connectivity index (χ0) is 9.72. The van der Waals surface area contributed by atoms with E-state index in [-0.39, 0.29) is 14.9 Å². The van der Waals surface area contributed by atoms with Gasteiger partial charge in [0.1, 0.15) is 0 Å². The van der Waals surface area contributed by atoms with E-state index in [0.717, 1.165) is 23.7 Å². The maximum absolute atomic E-state index is 2.35. The van der Waals surface area contributed by atoms with Gasteiger partial charge in [-0.1, -0.05) is 62.8 Å². The molecule has 0 heterocycles. The molecular weight excluding hydrogens is 168 g/mol. The Bertz CT molecular complexity index is 92.6. The number of hydrogen-bond acceptors (Lipinski definition) is 0. The summed E-state index contributed by atoms with van der Waals surface area (Å²) in [6.07, 6.45) is 2.80. The van der Waals surface area contributed by atoms with Gasteiger partial charge in [-0.2, -0.15) is 0 Å². The van der Waals surface area contributed by atoms with Crippen LogP contribution in [0.3, 0.4) is 0 Å². The van der Waals surface area contributed by atoms with Crippen LogP contribution in [0.25, 0.3) is 0 Å². The van der Waals surface area contributed by atoms with E-state index >= 15 is 0 Å². The predicted molar refractivity (Wildman–Crippen MR) is 70.7 cm³/mol. The van der Waals surface area contributed by atoms with Crippen LogP contribution < -0.4 is 0 Å². The van der Waals surface area contributed by atoms with Gasteiger partial charge in [-0.15, -0.1) is 0 Å². The van der Waals surface area contributed by atoms with E-state index in [1.165, 1.54) is 12.8 Å². The Morgan fingerprint density at radius 3 is 1.21 bits per heavy atom. The molecule has 0 bridgehead atoms. The van der Waals surface area contributed by atoms with Crippen LogP contribution in [-0.2, 0) is 0 Å². The van der Waals surface area contributed by atoms with Crippen molar-refractivity contribution in [1.82, 2.24) is 0 Å². The molecule has 0 aromatic carbocycles. The molecule has 0 unspecified atom stereocenters. The van der Waals surface area contributed by atoms with Crippen molar-refractivity contribution >= 4 is 0 Å². The number of hydrogen-bond donors (Lipinski definition) is 0. The minimum absolute atomic E-state index is 0. The molecule has 0 aromatic rings. The summed E-state index contributed by atoms with van der Waals surface area (Å²) in [4.78, 5) is 0. The Hall–Kier alpha value is 0. The fourth-order valence-electron chi connectivity index (χ4n) is 1.96. The Morgan fingerprint density at radius 1 is 0.643 bits per heavy atom. The summed E-state index contributed by atoms with van der Waals surface area (Å²) in [5.41, 5.74) is 0. The molecule has 0 amide bonds. The fourth-order valence-corrected chi connectivity index (χ4v) is 1.96. The highest BCUT2D eigenvalue weighted by molar-refractivity contribution is 4.67. The van der Waals surface area contributed by atoms with Gasteiger partial charge in [0.15, 0.2) is 0 Å². The highest BCUT2D eigenvalue weighted by atomic mass is 14.2. The van der Waals surface area contributed by atoms with E-state index in [1.54, 1.807) is 0 Å². The minimum atomic E-state index is 0. The monoisotopic (exact) mass is 202 g/mol. The largest absolute Gasteiger partial charge is 0.0776 e. The molecular formula is C14H34. The zero-order valence-corrected chi connectivity index (χ0v) is 9.72. The lowest BCUT2D eigenvalue weighted by Gasteiger charge is -2.25. The second-order valence-corrected chi connectivity index (χ2v) is 5.12. The third-order valence-corrected chi connectivity index (χ3v) is 2.79. The Balaban J connectivity index is -0.000000605. The molecule has 0 nitrogen and oxygen atoms in total. The second kappa shape index (κ2) is 9.55. The van der Waals surface area contributed by atoms with E-state index in [4.69, 9.17) is 0 Å². The molecule has 90 valence electrons. The van der Waals surface area contributed by atoms with Crippen molar-refractivity contribution in [3.8, 4) is 0 Å². The summed E-state index contributed by atoms with van der Waals surface area (Å²) in [5.74, 6) is 3.49. The van der Waals surface area contributed by atoms with Crippen LogP contribution in [0.1, 0.15) is 69.2 Å². The van der Waals surface area contributed by atoms with Crippen LogP contribution in [0.5, 0.6) is 0 Å². The van der Waals surface area contributed by atoms with E-state index in [9.17, 15) is 0 Å². The molecule has 0 N–H and O–H groups in total. The highest BCUT2D eigenvalue weighted by Gasteiger charge is 2.16. The third kappa shape index (κ3) is 8.59. The van der Waals surface area contributed by atoms with Gasteiger partial charge in [0.05, 0.1) is 0 Å². The van der Waals surface area contributed by atoms with Gasteiger partial charge in [-0.3, -0.25) is 0 Å². The predicted octanol–water partition coefficient (Wildman–Crippen LogP) is 5.62. The van der Waals surface area contributed by atoms with E-state index < -0.39 is 0 Å². The maximum Gasteiger partial charge on any atom is -0.0368 e. The van der Waals surface area contributed by atoms with Crippen molar-refractivity contribution < 1.29 is 0 Å². The first-order valence-electron chi connectivity index (χ1n) is 5.45. The third-order valence-electron chi connectivity index (χ3n) is 2.79. The van der Waals surface area contributed by atoms with Crippen LogP contribution in [0.2, 0.25) is 0 Å². The van der Waals surface area contributed by atoms with Crippen LogP contribution in [0.4, 0.5) is 0 Å². The Labute approximate surface area is 93.5 Å². The average molecular weight is 202 g/mol. The van der Waals surface area contributed by atoms with Gasteiger partial charge in [0.25, 0.3) is 0 Å². The molecule has 0 atom stereocenters. The van der Waals surface area contributed by atoms with Crippen molar-refractivity contribution in [3.63, 3.8) is 0 Å². The molecule has 0 rings (SSSR count). The molecule has 0 spiro atoms. The first kappa shape index (κ1) is 19.6. The first-order valence-corrected chi connectivity index (χ1v) is 5.45. The highest BCUT2D eigenvalue weighted by Crippen LogP contribution is 2.26. The summed E-state index contributed by atoms with van der Waals surface area (Å²) >= 11 is 0. The summed E-state index contributed by atoms with van der Waals surface area (Å²) in [6.45, 7) is 14.0. The van der Waals surface area contributed by atoms with Gasteiger partial charge in [0.2, 0.25) is 0 Å². The molecule has 14 heavy (non-hydrogen) atoms. The van der Waals surface area contributed by atoms with Crippen molar-refractivity contribution in [1.29, 1.82) is 0 Å². The molecule has 0 aliphatic carbocycles. The van der Waals surface area contributed by atoms with Crippen molar-refractivity contribution in [2.24, 2.45) is 23.7 Å². The zero-order valence-electron chi connectivity index (χ0n) is 9.72. The molecule has 0 saturated carbocycles. The summed E-state index contributed by atoms with van der Waals surface area (Å²) < 4.78 is 0. The summed E-state index contributed by atoms with van der Waals surface area (Å²) in [7, 11) is 0. The lowest BCUT2D eigenvalue weighted by atomic mass is 9.81. The Kier molecular flexibility index (Phi) is 13.3. The molecule has 0 saturated heterocycles. The van der Waals surface area contributed by atoms with Gasteiger partial charge in [0, 0.05) is 0 Å². The van der Waals surface area contributed by atoms with Crippen molar-refractivity contribution in [2.45, 2.75) is 69.2 Å². The lowest BCUT2D eigenvalue weighted by Crippen LogP contribution is -2.16. The van der Waals surface area contributed by atoms with Crippen LogP contribution in [0.15, 0.2) is 0 Å². The maximum atomic E-state index is 2.35. The topological polar surface area (TPSA) is 0 Å². The van der Waals surface area contributed by atoms with Gasteiger partial charge >= 0.3 is 0 Å². The molecule has 0 fully saturated rings. The van der Waals surface area contributed by atoms with Crippen LogP contribution in [-0.4, -0.2) is 0 Å². The van der Waals surface area contributed by atoms with E-state index in [0.29, 0.717) is 0 Å². The SMILES string of the molecule is C.C.CC(C)CCC(C(C)C)C(C)C. The summed E-state index contributed by atoms with van der Waals surface area (Å²) in [6, 6.07) is 0. The fraction of sp³-hybridized carbons (Fsp3) is 1.00. The Morgan fingerprint density at radius 2 is 1.00 bits per heavy atom. The lowest BCUT2D eigenvalue weighted by molar-refractivity contribution is 0.253. The molecule has 0 aliphatic rings. The number of rotatable bonds is 5. The van der Waals surface area contributed by atoms with Crippen LogP contribution in [0, 0.1) is 23.7 Å². The van der Waals surface area contributed by atoms with E-state index in [1.807, 2.05) is 0 Å². The normalized spacial score (nSPS) is 10.7. The van der Waals surface area contributed by atoms with Gasteiger partial charge in [-0.05, 0) is 30.1 Å². The van der Waals surface area contributed by atoms with Gasteiger partial charge in [-0.25, -0.2) is 0 Å². The molecule has 0 radical (unpaired) electrons. The minimum Gasteiger partial charge on any atom is -0.0776 e. The quantitative estimate of drug-likeness (QED) is 0.542. The standard InChI is InChI=1S/C12H26.2CH4/c1-9(2)7-8-12(10(3)4)11(5)6;;/h9-12H,7-8H2,1-6H3;2*1H4. The van der Waals surface area contributed by atoms with Crippen molar-refractivity contribution in [2.75, 3.05) is 0 Å². The smallest absolute Gasteiger partial charge is 0.0368 e. The van der Waals surface area contributed by atoms with Gasteiger partial charge < -0.3 is 0 Å².